The van der Waals surface area contributed by atoms with Crippen LogP contribution in [0.2, 0.25) is 0 Å². The first-order chi connectivity index (χ1) is 10.4. The summed E-state index contributed by atoms with van der Waals surface area (Å²) < 4.78 is 5.52. The van der Waals surface area contributed by atoms with Crippen molar-refractivity contribution in [2.24, 2.45) is 0 Å². The van der Waals surface area contributed by atoms with Crippen molar-refractivity contribution in [1.82, 2.24) is 10.2 Å². The molecule has 3 heteroatoms. The number of nitrogens with one attached hydrogen (secondary N) is 1. The molecule has 1 aliphatic heterocycles. The predicted octanol–water partition coefficient (Wildman–Crippen LogP) is 2.83. The van der Waals surface area contributed by atoms with E-state index in [4.69, 9.17) is 4.74 Å². The van der Waals surface area contributed by atoms with E-state index in [1.807, 2.05) is 6.08 Å². The summed E-state index contributed by atoms with van der Waals surface area (Å²) in [6.45, 7) is 9.69. The van der Waals surface area contributed by atoms with Gasteiger partial charge in [0.1, 0.15) is 0 Å². The average Bonchev–Trinajstić information content (AvgIpc) is 2.53. The standard InChI is InChI=1S/C18H28N2O/c1-2-3-14-21-15-11-19-18-9-12-20(13-10-18)16-17-7-5-4-6-8-17/h2,4-8,18-19H,1,3,9-16H2. The Bertz CT molecular complexity index is 385. The lowest BCUT2D eigenvalue weighted by molar-refractivity contribution is 0.131. The van der Waals surface area contributed by atoms with Crippen LogP contribution < -0.4 is 5.32 Å². The third-order valence-electron chi connectivity index (χ3n) is 3.98. The summed E-state index contributed by atoms with van der Waals surface area (Å²) in [7, 11) is 0. The number of hydrogen-bond acceptors (Lipinski definition) is 3. The highest BCUT2D eigenvalue weighted by Crippen LogP contribution is 2.13. The summed E-state index contributed by atoms with van der Waals surface area (Å²) in [4.78, 5) is 2.55. The van der Waals surface area contributed by atoms with Crippen LogP contribution in [0.15, 0.2) is 43.0 Å². The average molecular weight is 288 g/mol. The fourth-order valence-electron chi connectivity index (χ4n) is 2.74. The first kappa shape index (κ1) is 16.2. The SMILES string of the molecule is C=CCCOCCNC1CCN(Cc2ccccc2)CC1. The highest BCUT2D eigenvalue weighted by molar-refractivity contribution is 5.14. The van der Waals surface area contributed by atoms with Crippen molar-refractivity contribution in [3.63, 3.8) is 0 Å². The van der Waals surface area contributed by atoms with Crippen LogP contribution in [0.1, 0.15) is 24.8 Å². The van der Waals surface area contributed by atoms with E-state index in [0.29, 0.717) is 6.04 Å². The summed E-state index contributed by atoms with van der Waals surface area (Å²) in [6, 6.07) is 11.4. The van der Waals surface area contributed by atoms with Gasteiger partial charge in [0.05, 0.1) is 13.2 Å². The zero-order chi connectivity index (χ0) is 14.8. The normalized spacial score (nSPS) is 17.0. The molecule has 116 valence electrons. The maximum Gasteiger partial charge on any atom is 0.0591 e. The molecule has 1 heterocycles. The Morgan fingerprint density at radius 2 is 1.95 bits per heavy atom. The van der Waals surface area contributed by atoms with Crippen LogP contribution in [0.3, 0.4) is 0 Å². The number of nitrogens with zero attached hydrogens (tertiary/aromatic N) is 1. The molecule has 21 heavy (non-hydrogen) atoms. The van der Waals surface area contributed by atoms with E-state index in [-0.39, 0.29) is 0 Å². The Kier molecular flexibility index (Phi) is 7.50. The van der Waals surface area contributed by atoms with Crippen LogP contribution in [0.25, 0.3) is 0 Å². The molecule has 0 saturated carbocycles. The first-order valence-corrected chi connectivity index (χ1v) is 8.07. The van der Waals surface area contributed by atoms with Crippen LogP contribution in [0, 0.1) is 0 Å². The number of ether oxygens (including phenoxy) is 1. The second-order valence-electron chi connectivity index (χ2n) is 5.68. The Labute approximate surface area is 129 Å². The van der Waals surface area contributed by atoms with Crippen LogP contribution in [0.4, 0.5) is 0 Å². The topological polar surface area (TPSA) is 24.5 Å². The molecule has 1 fully saturated rings. The van der Waals surface area contributed by atoms with Gasteiger partial charge in [0, 0.05) is 19.1 Å². The minimum Gasteiger partial charge on any atom is -0.380 e. The Morgan fingerprint density at radius 1 is 1.19 bits per heavy atom. The minimum absolute atomic E-state index is 0.653. The highest BCUT2D eigenvalue weighted by atomic mass is 16.5. The molecule has 1 aliphatic rings. The van der Waals surface area contributed by atoms with Crippen molar-refractivity contribution in [2.75, 3.05) is 32.8 Å². The zero-order valence-electron chi connectivity index (χ0n) is 13.0. The molecule has 1 N–H and O–H groups in total. The molecule has 2 rings (SSSR count). The molecular formula is C18H28N2O. The predicted molar refractivity (Wildman–Crippen MR) is 88.4 cm³/mol. The van der Waals surface area contributed by atoms with Crippen molar-refractivity contribution >= 4 is 0 Å². The van der Waals surface area contributed by atoms with Gasteiger partial charge in [-0.25, -0.2) is 0 Å². The Morgan fingerprint density at radius 3 is 2.67 bits per heavy atom. The fraction of sp³-hybridized carbons (Fsp3) is 0.556. The van der Waals surface area contributed by atoms with Gasteiger partial charge < -0.3 is 10.1 Å². The van der Waals surface area contributed by atoms with Gasteiger partial charge in [-0.2, -0.15) is 0 Å². The number of benzene rings is 1. The maximum atomic E-state index is 5.52. The third-order valence-corrected chi connectivity index (χ3v) is 3.98. The summed E-state index contributed by atoms with van der Waals surface area (Å²) in [6.07, 6.45) is 5.31. The van der Waals surface area contributed by atoms with E-state index >= 15 is 0 Å². The molecule has 1 aromatic rings. The fourth-order valence-corrected chi connectivity index (χ4v) is 2.74. The van der Waals surface area contributed by atoms with Gasteiger partial charge in [-0.15, -0.1) is 6.58 Å². The van der Waals surface area contributed by atoms with E-state index in [1.165, 1.54) is 31.5 Å². The second-order valence-corrected chi connectivity index (χ2v) is 5.68. The zero-order valence-corrected chi connectivity index (χ0v) is 13.0. The Balaban J connectivity index is 1.55. The van der Waals surface area contributed by atoms with Crippen molar-refractivity contribution in [3.05, 3.63) is 48.6 Å². The molecule has 0 bridgehead atoms. The van der Waals surface area contributed by atoms with Gasteiger partial charge in [-0.1, -0.05) is 36.4 Å². The van der Waals surface area contributed by atoms with E-state index in [0.717, 1.165) is 32.7 Å². The molecule has 0 aliphatic carbocycles. The molecule has 1 aromatic carbocycles. The summed E-state index contributed by atoms with van der Waals surface area (Å²) in [5.41, 5.74) is 1.42. The minimum atomic E-state index is 0.653. The second kappa shape index (κ2) is 9.72. The smallest absolute Gasteiger partial charge is 0.0591 e. The van der Waals surface area contributed by atoms with Crippen LogP contribution in [-0.2, 0) is 11.3 Å². The van der Waals surface area contributed by atoms with E-state index in [9.17, 15) is 0 Å². The van der Waals surface area contributed by atoms with Gasteiger partial charge in [0.2, 0.25) is 0 Å². The summed E-state index contributed by atoms with van der Waals surface area (Å²) in [5, 5.41) is 3.61. The lowest BCUT2D eigenvalue weighted by Crippen LogP contribution is -2.43. The van der Waals surface area contributed by atoms with Gasteiger partial charge in [0.25, 0.3) is 0 Å². The monoisotopic (exact) mass is 288 g/mol. The molecule has 0 spiro atoms. The molecule has 0 amide bonds. The van der Waals surface area contributed by atoms with Crippen molar-refractivity contribution in [2.45, 2.75) is 31.8 Å². The van der Waals surface area contributed by atoms with Crippen molar-refractivity contribution < 1.29 is 4.74 Å². The van der Waals surface area contributed by atoms with E-state index < -0.39 is 0 Å². The quantitative estimate of drug-likeness (QED) is 0.558. The van der Waals surface area contributed by atoms with Crippen molar-refractivity contribution in [3.8, 4) is 0 Å². The van der Waals surface area contributed by atoms with Crippen LogP contribution in [-0.4, -0.2) is 43.8 Å². The summed E-state index contributed by atoms with van der Waals surface area (Å²) in [5.74, 6) is 0. The van der Waals surface area contributed by atoms with Gasteiger partial charge >= 0.3 is 0 Å². The Hall–Kier alpha value is -1.16. The lowest BCUT2D eigenvalue weighted by atomic mass is 10.0. The highest BCUT2D eigenvalue weighted by Gasteiger charge is 2.18. The number of likely N-dealkylation sites (tertiary alicyclic amines) is 1. The molecule has 3 nitrogen and oxygen atoms in total. The summed E-state index contributed by atoms with van der Waals surface area (Å²) >= 11 is 0. The molecule has 0 aromatic heterocycles. The van der Waals surface area contributed by atoms with Gasteiger partial charge in [-0.3, -0.25) is 4.90 Å². The van der Waals surface area contributed by atoms with Crippen LogP contribution >= 0.6 is 0 Å². The van der Waals surface area contributed by atoms with Gasteiger partial charge in [0.15, 0.2) is 0 Å². The molecule has 0 radical (unpaired) electrons. The van der Waals surface area contributed by atoms with E-state index in [2.05, 4.69) is 47.1 Å². The molecular weight excluding hydrogens is 260 g/mol. The molecule has 1 saturated heterocycles. The maximum absolute atomic E-state index is 5.52. The number of hydrogen-bond donors (Lipinski definition) is 1. The van der Waals surface area contributed by atoms with Crippen LogP contribution in [0.5, 0.6) is 0 Å². The number of rotatable bonds is 9. The largest absolute Gasteiger partial charge is 0.380 e. The molecule has 0 unspecified atom stereocenters. The van der Waals surface area contributed by atoms with E-state index in [1.54, 1.807) is 0 Å². The molecule has 0 atom stereocenters. The van der Waals surface area contributed by atoms with Gasteiger partial charge in [-0.05, 0) is 37.9 Å². The first-order valence-electron chi connectivity index (χ1n) is 8.07. The third kappa shape index (κ3) is 6.42. The number of piperidine rings is 1. The lowest BCUT2D eigenvalue weighted by Gasteiger charge is -2.32. The van der Waals surface area contributed by atoms with Crippen molar-refractivity contribution in [1.29, 1.82) is 0 Å².